The van der Waals surface area contributed by atoms with Gasteiger partial charge in [0.15, 0.2) is 0 Å². The Kier molecular flexibility index (Phi) is 5.58. The molecule has 0 saturated carbocycles. The van der Waals surface area contributed by atoms with Crippen LogP contribution in [0.1, 0.15) is 39.5 Å². The Morgan fingerprint density at radius 1 is 1.33 bits per heavy atom. The Hall–Kier alpha value is -2.76. The van der Waals surface area contributed by atoms with Crippen LogP contribution in [0.5, 0.6) is 0 Å². The van der Waals surface area contributed by atoms with E-state index in [4.69, 9.17) is 0 Å². The molecule has 4 rings (SSSR count). The monoisotopic (exact) mass is 410 g/mol. The average molecular weight is 411 g/mol. The molecule has 1 aliphatic heterocycles. The van der Waals surface area contributed by atoms with Gasteiger partial charge in [-0.25, -0.2) is 9.18 Å². The van der Waals surface area contributed by atoms with Gasteiger partial charge in [-0.3, -0.25) is 5.01 Å². The first-order chi connectivity index (χ1) is 14.4. The van der Waals surface area contributed by atoms with Crippen molar-refractivity contribution in [2.45, 2.75) is 45.6 Å². The van der Waals surface area contributed by atoms with Crippen LogP contribution in [0, 0.1) is 17.7 Å². The predicted molar refractivity (Wildman–Crippen MR) is 118 cm³/mol. The first-order valence-electron chi connectivity index (χ1n) is 10.8. The van der Waals surface area contributed by atoms with Gasteiger partial charge in [-0.05, 0) is 67.5 Å². The number of amides is 2. The fourth-order valence-electron chi connectivity index (χ4n) is 4.94. The molecule has 1 aromatic rings. The van der Waals surface area contributed by atoms with E-state index in [0.29, 0.717) is 11.8 Å². The molecule has 30 heavy (non-hydrogen) atoms. The number of hydrogen-bond acceptors (Lipinski definition) is 3. The van der Waals surface area contributed by atoms with Crippen LogP contribution in [0.25, 0.3) is 0 Å². The van der Waals surface area contributed by atoms with Gasteiger partial charge in [-0.2, -0.15) is 0 Å². The maximum absolute atomic E-state index is 13.3. The molecule has 2 N–H and O–H groups in total. The highest BCUT2D eigenvalue weighted by molar-refractivity contribution is 5.73. The lowest BCUT2D eigenvalue weighted by Gasteiger charge is -2.31. The van der Waals surface area contributed by atoms with Crippen molar-refractivity contribution in [1.82, 2.24) is 15.6 Å². The van der Waals surface area contributed by atoms with E-state index < -0.39 is 0 Å². The van der Waals surface area contributed by atoms with E-state index in [0.717, 1.165) is 37.1 Å². The molecule has 2 amide bonds. The molecule has 0 bridgehead atoms. The number of rotatable bonds is 5. The van der Waals surface area contributed by atoms with Crippen LogP contribution in [-0.2, 0) is 0 Å². The molecule has 1 unspecified atom stereocenters. The Morgan fingerprint density at radius 2 is 2.07 bits per heavy atom. The van der Waals surface area contributed by atoms with Crippen LogP contribution in [0.3, 0.4) is 0 Å². The standard InChI is InChI=1S/C24H31FN4O/c1-5-19(27-24(30)28(3)4)12-16-6-7-17-13-22-21(15(2)23(16)17)14-26-29(22)20-10-8-18(25)9-11-20/h8-11,13-16,19,26H,5-7,12H2,1-4H3,(H,27,30)/t15-,16+,19?/m0/s1. The molecule has 3 atom stereocenters. The number of nitrogens with one attached hydrogen (secondary N) is 2. The molecule has 0 aromatic heterocycles. The second-order valence-corrected chi connectivity index (χ2v) is 8.69. The average Bonchev–Trinajstić information content (AvgIpc) is 3.33. The number of urea groups is 1. The van der Waals surface area contributed by atoms with Gasteiger partial charge in [-0.15, -0.1) is 0 Å². The molecule has 0 radical (unpaired) electrons. The van der Waals surface area contributed by atoms with Crippen LogP contribution in [0.2, 0.25) is 0 Å². The summed E-state index contributed by atoms with van der Waals surface area (Å²) in [4.78, 5) is 13.7. The fourth-order valence-corrected chi connectivity index (χ4v) is 4.94. The number of halogens is 1. The van der Waals surface area contributed by atoms with Crippen LogP contribution < -0.4 is 15.8 Å². The minimum Gasteiger partial charge on any atom is -0.335 e. The quantitative estimate of drug-likeness (QED) is 0.739. The van der Waals surface area contributed by atoms with Crippen molar-refractivity contribution in [2.75, 3.05) is 19.1 Å². The second kappa shape index (κ2) is 8.17. The zero-order chi connectivity index (χ0) is 21.4. The van der Waals surface area contributed by atoms with Gasteiger partial charge in [0.05, 0.1) is 11.4 Å². The number of nitrogens with zero attached hydrogens (tertiary/aromatic N) is 2. The van der Waals surface area contributed by atoms with Gasteiger partial charge in [0.2, 0.25) is 0 Å². The van der Waals surface area contributed by atoms with Crippen molar-refractivity contribution < 1.29 is 9.18 Å². The van der Waals surface area contributed by atoms with Crippen LogP contribution >= 0.6 is 0 Å². The minimum absolute atomic E-state index is 0.0226. The summed E-state index contributed by atoms with van der Waals surface area (Å²) in [6, 6.07) is 6.73. The summed E-state index contributed by atoms with van der Waals surface area (Å²) < 4.78 is 13.3. The van der Waals surface area contributed by atoms with E-state index in [2.05, 4.69) is 36.9 Å². The van der Waals surface area contributed by atoms with E-state index in [-0.39, 0.29) is 17.9 Å². The lowest BCUT2D eigenvalue weighted by Crippen LogP contribution is -2.42. The summed E-state index contributed by atoms with van der Waals surface area (Å²) in [7, 11) is 3.56. The molecule has 1 heterocycles. The van der Waals surface area contributed by atoms with Gasteiger partial charge < -0.3 is 15.6 Å². The Balaban J connectivity index is 1.55. The van der Waals surface area contributed by atoms with Crippen LogP contribution in [-0.4, -0.2) is 31.1 Å². The molecule has 2 aliphatic carbocycles. The minimum atomic E-state index is -0.229. The van der Waals surface area contributed by atoms with Gasteiger partial charge in [0.1, 0.15) is 5.82 Å². The summed E-state index contributed by atoms with van der Waals surface area (Å²) in [5.41, 5.74) is 9.65. The van der Waals surface area contributed by atoms with E-state index in [1.807, 2.05) is 5.01 Å². The normalized spacial score (nSPS) is 23.3. The summed E-state index contributed by atoms with van der Waals surface area (Å²) in [5, 5.41) is 5.20. The fraction of sp³-hybridized carbons (Fsp3) is 0.458. The lowest BCUT2D eigenvalue weighted by atomic mass is 9.78. The van der Waals surface area contributed by atoms with Crippen LogP contribution in [0.15, 0.2) is 59.0 Å². The van der Waals surface area contributed by atoms with Gasteiger partial charge >= 0.3 is 6.03 Å². The Morgan fingerprint density at radius 3 is 2.73 bits per heavy atom. The molecule has 0 saturated heterocycles. The smallest absolute Gasteiger partial charge is 0.317 e. The number of hydrazine groups is 1. The topological polar surface area (TPSA) is 47.6 Å². The third-order valence-electron chi connectivity index (χ3n) is 6.58. The maximum Gasteiger partial charge on any atom is 0.317 e. The van der Waals surface area contributed by atoms with Crippen molar-refractivity contribution >= 4 is 11.7 Å². The zero-order valence-corrected chi connectivity index (χ0v) is 18.2. The first kappa shape index (κ1) is 20.5. The van der Waals surface area contributed by atoms with E-state index in [1.54, 1.807) is 31.1 Å². The highest BCUT2D eigenvalue weighted by atomic mass is 19.1. The molecule has 3 aliphatic rings. The third kappa shape index (κ3) is 3.71. The summed E-state index contributed by atoms with van der Waals surface area (Å²) in [6.45, 7) is 4.42. The highest BCUT2D eigenvalue weighted by Crippen LogP contribution is 2.49. The second-order valence-electron chi connectivity index (χ2n) is 8.69. The predicted octanol–water partition coefficient (Wildman–Crippen LogP) is 4.71. The number of benzene rings is 1. The number of fused-ring (bicyclic) bond motifs is 1. The largest absolute Gasteiger partial charge is 0.335 e. The number of carbonyl (C=O) groups excluding carboxylic acids is 1. The van der Waals surface area contributed by atoms with E-state index >= 15 is 0 Å². The summed E-state index contributed by atoms with van der Waals surface area (Å²) in [6.07, 6.45) is 8.47. The zero-order valence-electron chi connectivity index (χ0n) is 18.2. The third-order valence-corrected chi connectivity index (χ3v) is 6.58. The number of carbonyl (C=O) groups is 1. The molecular weight excluding hydrogens is 379 g/mol. The van der Waals surface area contributed by atoms with Gasteiger partial charge in [-0.1, -0.05) is 19.4 Å². The summed E-state index contributed by atoms with van der Waals surface area (Å²) in [5.74, 6) is 0.584. The van der Waals surface area contributed by atoms with Crippen molar-refractivity contribution in [3.8, 4) is 0 Å². The SMILES string of the molecule is CCC(C[C@H]1CCC2=C1[C@@H](C)C1=CNN(c3ccc(F)cc3)C1=C2)NC(=O)N(C)C. The number of anilines is 1. The first-order valence-corrected chi connectivity index (χ1v) is 10.8. The van der Waals surface area contributed by atoms with Crippen molar-refractivity contribution in [2.24, 2.45) is 11.8 Å². The molecule has 5 nitrogen and oxygen atoms in total. The summed E-state index contributed by atoms with van der Waals surface area (Å²) >= 11 is 0. The van der Waals surface area contributed by atoms with E-state index in [1.165, 1.54) is 28.9 Å². The number of hydrogen-bond donors (Lipinski definition) is 2. The number of allylic oxidation sites excluding steroid dienone is 4. The van der Waals surface area contributed by atoms with Crippen molar-refractivity contribution in [1.29, 1.82) is 0 Å². The van der Waals surface area contributed by atoms with Crippen molar-refractivity contribution in [3.05, 3.63) is 64.8 Å². The lowest BCUT2D eigenvalue weighted by molar-refractivity contribution is 0.210. The highest BCUT2D eigenvalue weighted by Gasteiger charge is 2.38. The van der Waals surface area contributed by atoms with E-state index in [9.17, 15) is 9.18 Å². The maximum atomic E-state index is 13.3. The van der Waals surface area contributed by atoms with Crippen LogP contribution in [0.4, 0.5) is 14.9 Å². The molecular formula is C24H31FN4O. The Labute approximate surface area is 178 Å². The van der Waals surface area contributed by atoms with Gasteiger partial charge in [0, 0.05) is 37.8 Å². The van der Waals surface area contributed by atoms with Gasteiger partial charge in [0.25, 0.3) is 0 Å². The van der Waals surface area contributed by atoms with Crippen molar-refractivity contribution in [3.63, 3.8) is 0 Å². The molecule has 0 spiro atoms. The molecule has 1 aromatic carbocycles. The molecule has 0 fully saturated rings. The molecule has 6 heteroatoms. The Bertz CT molecular complexity index is 916. The molecule has 160 valence electrons.